The van der Waals surface area contributed by atoms with E-state index in [-0.39, 0.29) is 36.8 Å². The van der Waals surface area contributed by atoms with Gasteiger partial charge < -0.3 is 36.0 Å². The molecule has 6 N–H and O–H groups in total. The van der Waals surface area contributed by atoms with Crippen LogP contribution < -0.4 is 11.1 Å². The Morgan fingerprint density at radius 1 is 1.14 bits per heavy atom. The van der Waals surface area contributed by atoms with E-state index in [1.807, 2.05) is 20.8 Å². The summed E-state index contributed by atoms with van der Waals surface area (Å²) in [6.07, 6.45) is -2.85. The minimum absolute atomic E-state index is 0.0358. The van der Waals surface area contributed by atoms with E-state index in [0.717, 1.165) is 6.07 Å². The molecule has 37 heavy (non-hydrogen) atoms. The molecule has 1 aromatic rings. The summed E-state index contributed by atoms with van der Waals surface area (Å²) >= 11 is 0. The van der Waals surface area contributed by atoms with Crippen molar-refractivity contribution in [1.82, 2.24) is 10.2 Å². The van der Waals surface area contributed by atoms with Gasteiger partial charge in [0.25, 0.3) is 0 Å². The highest BCUT2D eigenvalue weighted by Crippen LogP contribution is 2.17. The van der Waals surface area contributed by atoms with Gasteiger partial charge >= 0.3 is 11.9 Å². The molecule has 14 heteroatoms. The maximum Gasteiger partial charge on any atom is 0.333 e. The van der Waals surface area contributed by atoms with Crippen molar-refractivity contribution in [2.75, 3.05) is 19.7 Å². The number of nitrogens with two attached hydrogens (primary N) is 1. The summed E-state index contributed by atoms with van der Waals surface area (Å²) in [5.41, 5.74) is 5.34. The number of nitrogens with one attached hydrogen (secondary N) is 1. The fraction of sp³-hybridized carbons (Fsp3) is 0.565. The van der Waals surface area contributed by atoms with Crippen LogP contribution in [0.15, 0.2) is 12.1 Å². The largest absolute Gasteiger partial charge is 0.481 e. The minimum Gasteiger partial charge on any atom is -0.481 e. The van der Waals surface area contributed by atoms with E-state index in [0.29, 0.717) is 19.2 Å². The summed E-state index contributed by atoms with van der Waals surface area (Å²) in [5.74, 6) is -6.93. The van der Waals surface area contributed by atoms with E-state index < -0.39 is 59.6 Å². The van der Waals surface area contributed by atoms with E-state index in [1.54, 1.807) is 0 Å². The zero-order valence-corrected chi connectivity index (χ0v) is 20.7. The van der Waals surface area contributed by atoms with Gasteiger partial charge in [0.15, 0.2) is 17.7 Å². The Labute approximate surface area is 211 Å². The lowest BCUT2D eigenvalue weighted by Gasteiger charge is -2.36. The molecule has 1 saturated heterocycles. The molecular weight excluding hydrogens is 503 g/mol. The third-order valence-corrected chi connectivity index (χ3v) is 4.99. The molecule has 0 bridgehead atoms. The van der Waals surface area contributed by atoms with Crippen LogP contribution in [0.5, 0.6) is 0 Å². The summed E-state index contributed by atoms with van der Waals surface area (Å²) in [6, 6.07) is -0.411. The Hall–Kier alpha value is -3.23. The number of aliphatic hydroxyl groups excluding tert-OH is 1. The highest BCUT2D eigenvalue weighted by atomic mass is 19.2. The highest BCUT2D eigenvalue weighted by Gasteiger charge is 2.34. The predicted molar refractivity (Wildman–Crippen MR) is 123 cm³/mol. The van der Waals surface area contributed by atoms with Crippen LogP contribution in [0.25, 0.3) is 0 Å². The lowest BCUT2D eigenvalue weighted by Crippen LogP contribution is -2.60. The highest BCUT2D eigenvalue weighted by molar-refractivity contribution is 5.89. The number of halogens is 3. The number of nitrogens with zero attached hydrogens (tertiary/aromatic N) is 1. The molecule has 0 saturated carbocycles. The second kappa shape index (κ2) is 13.9. The average molecular weight is 536 g/mol. The number of piperazine rings is 1. The van der Waals surface area contributed by atoms with Crippen LogP contribution in [-0.2, 0) is 30.3 Å². The molecule has 2 amide bonds. The maximum absolute atomic E-state index is 13.8. The monoisotopic (exact) mass is 535 g/mol. The number of ether oxygens (including phenoxy) is 1. The van der Waals surface area contributed by atoms with Gasteiger partial charge in [-0.25, -0.2) is 18.0 Å². The first-order valence-corrected chi connectivity index (χ1v) is 11.2. The molecule has 1 heterocycles. The fourth-order valence-electron chi connectivity index (χ4n) is 3.18. The van der Waals surface area contributed by atoms with Gasteiger partial charge in [-0.15, -0.1) is 0 Å². The van der Waals surface area contributed by atoms with Crippen molar-refractivity contribution in [3.05, 3.63) is 35.1 Å². The maximum atomic E-state index is 13.8. The summed E-state index contributed by atoms with van der Waals surface area (Å²) in [6.45, 7) is 6.16. The quantitative estimate of drug-likeness (QED) is 0.280. The average Bonchev–Trinajstić information content (AvgIpc) is 2.75. The molecule has 2 rings (SSSR count). The topological polar surface area (TPSA) is 179 Å². The molecular formula is C23H32F3N3O8. The van der Waals surface area contributed by atoms with Crippen LogP contribution in [0.3, 0.4) is 0 Å². The van der Waals surface area contributed by atoms with Gasteiger partial charge in [0.2, 0.25) is 11.8 Å². The molecule has 208 valence electrons. The number of carbonyl (C=O) groups excluding carboxylic acids is 2. The Morgan fingerprint density at radius 2 is 1.73 bits per heavy atom. The number of aliphatic hydroxyl groups is 1. The lowest BCUT2D eigenvalue weighted by molar-refractivity contribution is -0.152. The molecule has 0 aliphatic carbocycles. The number of hydrogen-bond donors (Lipinski definition) is 5. The molecule has 1 aliphatic heterocycles. The van der Waals surface area contributed by atoms with Crippen LogP contribution in [-0.4, -0.2) is 87.5 Å². The van der Waals surface area contributed by atoms with Crippen molar-refractivity contribution in [3.63, 3.8) is 0 Å². The second-order valence-electron chi connectivity index (χ2n) is 9.30. The smallest absolute Gasteiger partial charge is 0.333 e. The standard InChI is InChI=1S/C19H26F3N3O3.C4H6O5/c1-19(2,3)28-10-16-18(27)24-4-5-25(16)17(26)8-12(23)6-11-7-14(21)15(22)9-13(11)20;5-2(4(8)9)1-3(6)7/h7,9,12,16H,4-6,8,10,23H2,1-3H3,(H,24,27);2,5H,1H2,(H,6,7)(H,8,9)/t12-,16-;/m1./s1. The van der Waals surface area contributed by atoms with Crippen molar-refractivity contribution in [3.8, 4) is 0 Å². The Balaban J connectivity index is 0.000000649. The third kappa shape index (κ3) is 11.1. The molecule has 1 aliphatic rings. The number of amides is 2. The van der Waals surface area contributed by atoms with Crippen LogP contribution in [0.2, 0.25) is 0 Å². The van der Waals surface area contributed by atoms with Crippen LogP contribution in [0, 0.1) is 17.5 Å². The van der Waals surface area contributed by atoms with Crippen LogP contribution in [0.1, 0.15) is 39.2 Å². The third-order valence-electron chi connectivity index (χ3n) is 4.99. The van der Waals surface area contributed by atoms with Gasteiger partial charge in [-0.1, -0.05) is 0 Å². The first-order chi connectivity index (χ1) is 17.0. The molecule has 11 nitrogen and oxygen atoms in total. The van der Waals surface area contributed by atoms with Crippen molar-refractivity contribution in [2.45, 2.75) is 63.8 Å². The van der Waals surface area contributed by atoms with Crippen LogP contribution in [0.4, 0.5) is 13.2 Å². The lowest BCUT2D eigenvalue weighted by atomic mass is 10.0. The fourth-order valence-corrected chi connectivity index (χ4v) is 3.18. The van der Waals surface area contributed by atoms with Crippen molar-refractivity contribution >= 4 is 23.8 Å². The summed E-state index contributed by atoms with van der Waals surface area (Å²) < 4.78 is 45.8. The number of carbonyl (C=O) groups is 4. The molecule has 0 spiro atoms. The molecule has 3 atom stereocenters. The van der Waals surface area contributed by atoms with Crippen molar-refractivity contribution in [1.29, 1.82) is 0 Å². The zero-order chi connectivity index (χ0) is 28.5. The number of carboxylic acids is 2. The van der Waals surface area contributed by atoms with E-state index >= 15 is 0 Å². The van der Waals surface area contributed by atoms with E-state index in [1.165, 1.54) is 4.90 Å². The van der Waals surface area contributed by atoms with Gasteiger partial charge in [0, 0.05) is 31.6 Å². The van der Waals surface area contributed by atoms with E-state index in [4.69, 9.17) is 25.8 Å². The van der Waals surface area contributed by atoms with E-state index in [2.05, 4.69) is 5.32 Å². The van der Waals surface area contributed by atoms with Crippen molar-refractivity contribution in [2.24, 2.45) is 5.73 Å². The SMILES string of the molecule is CC(C)(C)OC[C@@H]1C(=O)NCCN1C(=O)C[C@H](N)Cc1cc(F)c(F)cc1F.O=C(O)CC(O)C(=O)O. The van der Waals surface area contributed by atoms with E-state index in [9.17, 15) is 32.3 Å². The number of rotatable bonds is 9. The van der Waals surface area contributed by atoms with Crippen molar-refractivity contribution < 1.29 is 52.4 Å². The van der Waals surface area contributed by atoms with Gasteiger partial charge in [-0.05, 0) is 38.8 Å². The summed E-state index contributed by atoms with van der Waals surface area (Å²) in [4.78, 5) is 45.6. The van der Waals surface area contributed by atoms with Crippen LogP contribution >= 0.6 is 0 Å². The molecule has 1 aromatic carbocycles. The molecule has 0 radical (unpaired) electrons. The Morgan fingerprint density at radius 3 is 2.24 bits per heavy atom. The predicted octanol–water partition coefficient (Wildman–Crippen LogP) is 0.413. The number of carboxylic acid groups (broad SMARTS) is 2. The molecule has 0 aromatic heterocycles. The Bertz CT molecular complexity index is 987. The van der Waals surface area contributed by atoms with Gasteiger partial charge in [0.05, 0.1) is 18.6 Å². The molecule has 1 unspecified atom stereocenters. The zero-order valence-electron chi connectivity index (χ0n) is 20.7. The van der Waals surface area contributed by atoms with Gasteiger partial charge in [-0.3, -0.25) is 14.4 Å². The summed E-state index contributed by atoms with van der Waals surface area (Å²) in [5, 5.41) is 26.8. The second-order valence-corrected chi connectivity index (χ2v) is 9.30. The first kappa shape index (κ1) is 31.8. The van der Waals surface area contributed by atoms with Gasteiger partial charge in [-0.2, -0.15) is 0 Å². The first-order valence-electron chi connectivity index (χ1n) is 11.2. The minimum atomic E-state index is -1.79. The number of hydrogen-bond acceptors (Lipinski definition) is 7. The number of benzene rings is 1. The van der Waals surface area contributed by atoms with Gasteiger partial charge in [0.1, 0.15) is 11.9 Å². The number of aliphatic carboxylic acids is 2. The Kier molecular flexibility index (Phi) is 12.0. The summed E-state index contributed by atoms with van der Waals surface area (Å²) in [7, 11) is 0. The molecule has 1 fully saturated rings. The normalized spacial score (nSPS) is 17.2.